The van der Waals surface area contributed by atoms with Crippen molar-refractivity contribution in [3.8, 4) is 17.3 Å². The van der Waals surface area contributed by atoms with Crippen molar-refractivity contribution in [3.05, 3.63) is 58.9 Å². The Kier molecular flexibility index (Phi) is 3.17. The molecule has 0 saturated heterocycles. The normalized spacial score (nSPS) is 10.7. The van der Waals surface area contributed by atoms with E-state index in [1.165, 1.54) is 12.1 Å². The van der Waals surface area contributed by atoms with E-state index in [2.05, 4.69) is 11.1 Å². The molecule has 0 fully saturated rings. The molecule has 0 saturated carbocycles. The molecule has 3 rings (SSSR count). The van der Waals surface area contributed by atoms with Crippen LogP contribution in [0.15, 0.2) is 42.5 Å². The summed E-state index contributed by atoms with van der Waals surface area (Å²) in [6.07, 6.45) is 0.271. The summed E-state index contributed by atoms with van der Waals surface area (Å²) in [4.78, 5) is 3.28. The average Bonchev–Trinajstić information content (AvgIpc) is 2.79. The monoisotopic (exact) mass is 284 g/mol. The molecule has 0 unspecified atom stereocenters. The summed E-state index contributed by atoms with van der Waals surface area (Å²) in [5.74, 6) is -0.283. The second-order valence-corrected chi connectivity index (χ2v) is 4.95. The summed E-state index contributed by atoms with van der Waals surface area (Å²) in [6.45, 7) is 0. The molecule has 0 spiro atoms. The van der Waals surface area contributed by atoms with Crippen LogP contribution >= 0.6 is 11.6 Å². The topological polar surface area (TPSA) is 39.6 Å². The highest BCUT2D eigenvalue weighted by Crippen LogP contribution is 2.32. The van der Waals surface area contributed by atoms with E-state index in [0.717, 1.165) is 27.7 Å². The average molecular weight is 285 g/mol. The van der Waals surface area contributed by atoms with Gasteiger partial charge in [0.1, 0.15) is 5.82 Å². The first-order valence-electron chi connectivity index (χ1n) is 6.12. The Balaban J connectivity index is 2.26. The van der Waals surface area contributed by atoms with Crippen LogP contribution in [0, 0.1) is 17.1 Å². The molecule has 98 valence electrons. The highest BCUT2D eigenvalue weighted by atomic mass is 35.5. The molecule has 0 aliphatic heterocycles. The number of H-pyrrole nitrogens is 1. The van der Waals surface area contributed by atoms with Crippen molar-refractivity contribution in [2.24, 2.45) is 0 Å². The molecular formula is C16H10ClFN2. The van der Waals surface area contributed by atoms with Crippen LogP contribution in [-0.2, 0) is 6.42 Å². The summed E-state index contributed by atoms with van der Waals surface area (Å²) in [5, 5.41) is 10.6. The standard InChI is InChI=1S/C16H10ClFN2/c17-11-3-6-15-14(9-11)13(7-8-19)16(20-15)10-1-4-12(18)5-2-10/h1-6,9,20H,7H2. The van der Waals surface area contributed by atoms with Crippen molar-refractivity contribution in [2.75, 3.05) is 0 Å². The third-order valence-corrected chi connectivity index (χ3v) is 3.49. The number of nitrogens with one attached hydrogen (secondary N) is 1. The molecule has 1 heterocycles. The smallest absolute Gasteiger partial charge is 0.123 e. The Labute approximate surface area is 120 Å². The molecule has 0 amide bonds. The molecule has 2 nitrogen and oxygen atoms in total. The van der Waals surface area contributed by atoms with E-state index in [0.29, 0.717) is 5.02 Å². The molecule has 20 heavy (non-hydrogen) atoms. The molecule has 0 atom stereocenters. The zero-order chi connectivity index (χ0) is 14.1. The fourth-order valence-corrected chi connectivity index (χ4v) is 2.52. The third-order valence-electron chi connectivity index (χ3n) is 3.26. The van der Waals surface area contributed by atoms with E-state index in [-0.39, 0.29) is 12.2 Å². The highest BCUT2D eigenvalue weighted by molar-refractivity contribution is 6.31. The first-order chi connectivity index (χ1) is 9.69. The van der Waals surface area contributed by atoms with Crippen LogP contribution in [0.2, 0.25) is 5.02 Å². The highest BCUT2D eigenvalue weighted by Gasteiger charge is 2.13. The summed E-state index contributed by atoms with van der Waals surface area (Å²) in [7, 11) is 0. The van der Waals surface area contributed by atoms with Gasteiger partial charge in [-0.2, -0.15) is 5.26 Å². The number of hydrogen-bond acceptors (Lipinski definition) is 1. The SMILES string of the molecule is N#CCc1c(-c2ccc(F)cc2)[nH]c2ccc(Cl)cc12. The van der Waals surface area contributed by atoms with Gasteiger partial charge in [0.05, 0.1) is 18.2 Å². The number of rotatable bonds is 2. The number of aromatic amines is 1. The molecule has 1 aromatic heterocycles. The number of halogens is 2. The maximum absolute atomic E-state index is 13.0. The van der Waals surface area contributed by atoms with Gasteiger partial charge in [0.15, 0.2) is 0 Å². The van der Waals surface area contributed by atoms with Crippen LogP contribution in [0.5, 0.6) is 0 Å². The minimum absolute atomic E-state index is 0.271. The van der Waals surface area contributed by atoms with Gasteiger partial charge in [-0.25, -0.2) is 4.39 Å². The van der Waals surface area contributed by atoms with Gasteiger partial charge in [-0.15, -0.1) is 0 Å². The van der Waals surface area contributed by atoms with Crippen LogP contribution in [0.25, 0.3) is 22.2 Å². The van der Waals surface area contributed by atoms with Gasteiger partial charge >= 0.3 is 0 Å². The first-order valence-corrected chi connectivity index (χ1v) is 6.50. The Morgan fingerprint density at radius 1 is 1.15 bits per heavy atom. The second-order valence-electron chi connectivity index (χ2n) is 4.51. The summed E-state index contributed by atoms with van der Waals surface area (Å²) in [6, 6.07) is 13.9. The molecule has 0 aliphatic carbocycles. The Bertz CT molecular complexity index is 813. The van der Waals surface area contributed by atoms with Crippen molar-refractivity contribution >= 4 is 22.5 Å². The molecule has 0 aliphatic rings. The largest absolute Gasteiger partial charge is 0.354 e. The summed E-state index contributed by atoms with van der Waals surface area (Å²) < 4.78 is 13.0. The van der Waals surface area contributed by atoms with Crippen molar-refractivity contribution in [1.82, 2.24) is 4.98 Å². The number of aromatic nitrogens is 1. The maximum atomic E-state index is 13.0. The predicted octanol–water partition coefficient (Wildman–Crippen LogP) is 4.69. The molecule has 1 N–H and O–H groups in total. The number of nitriles is 1. The van der Waals surface area contributed by atoms with Crippen molar-refractivity contribution in [1.29, 1.82) is 5.26 Å². The minimum atomic E-state index is -0.283. The second kappa shape index (κ2) is 4.99. The lowest BCUT2D eigenvalue weighted by atomic mass is 10.0. The lowest BCUT2D eigenvalue weighted by Gasteiger charge is -2.01. The number of benzene rings is 2. The molecule has 0 bridgehead atoms. The van der Waals surface area contributed by atoms with Crippen LogP contribution in [0.4, 0.5) is 4.39 Å². The fraction of sp³-hybridized carbons (Fsp3) is 0.0625. The van der Waals surface area contributed by atoms with Crippen LogP contribution in [0.3, 0.4) is 0 Å². The van der Waals surface area contributed by atoms with Gasteiger partial charge in [0.25, 0.3) is 0 Å². The van der Waals surface area contributed by atoms with Gasteiger partial charge in [0.2, 0.25) is 0 Å². The van der Waals surface area contributed by atoms with E-state index in [4.69, 9.17) is 16.9 Å². The first kappa shape index (κ1) is 12.7. The van der Waals surface area contributed by atoms with Gasteiger partial charge < -0.3 is 4.98 Å². The van der Waals surface area contributed by atoms with Crippen molar-refractivity contribution < 1.29 is 4.39 Å². The number of fused-ring (bicyclic) bond motifs is 1. The Morgan fingerprint density at radius 3 is 2.60 bits per heavy atom. The summed E-state index contributed by atoms with van der Waals surface area (Å²) in [5.41, 5.74) is 3.49. The van der Waals surface area contributed by atoms with Gasteiger partial charge in [-0.05, 0) is 53.6 Å². The van der Waals surface area contributed by atoms with E-state index in [1.54, 1.807) is 18.2 Å². The van der Waals surface area contributed by atoms with Gasteiger partial charge in [0, 0.05) is 15.9 Å². The van der Waals surface area contributed by atoms with Crippen LogP contribution < -0.4 is 0 Å². The van der Waals surface area contributed by atoms with Crippen LogP contribution in [-0.4, -0.2) is 4.98 Å². The Hall–Kier alpha value is -2.31. The molecule has 3 aromatic rings. The van der Waals surface area contributed by atoms with Gasteiger partial charge in [-0.1, -0.05) is 11.6 Å². The minimum Gasteiger partial charge on any atom is -0.354 e. The van der Waals surface area contributed by atoms with E-state index in [1.807, 2.05) is 12.1 Å². The predicted molar refractivity (Wildman–Crippen MR) is 78.0 cm³/mol. The number of hydrogen-bond donors (Lipinski definition) is 1. The third kappa shape index (κ3) is 2.15. The van der Waals surface area contributed by atoms with Crippen molar-refractivity contribution in [3.63, 3.8) is 0 Å². The van der Waals surface area contributed by atoms with Gasteiger partial charge in [-0.3, -0.25) is 0 Å². The lowest BCUT2D eigenvalue weighted by Crippen LogP contribution is -1.86. The van der Waals surface area contributed by atoms with E-state index < -0.39 is 0 Å². The van der Waals surface area contributed by atoms with Crippen molar-refractivity contribution in [2.45, 2.75) is 6.42 Å². The molecule has 2 aromatic carbocycles. The quantitative estimate of drug-likeness (QED) is 0.728. The lowest BCUT2D eigenvalue weighted by molar-refractivity contribution is 0.628. The molecule has 4 heteroatoms. The van der Waals surface area contributed by atoms with E-state index in [9.17, 15) is 4.39 Å². The fourth-order valence-electron chi connectivity index (χ4n) is 2.35. The number of nitrogens with zero attached hydrogens (tertiary/aromatic N) is 1. The zero-order valence-electron chi connectivity index (χ0n) is 10.5. The summed E-state index contributed by atoms with van der Waals surface area (Å²) >= 11 is 6.02. The zero-order valence-corrected chi connectivity index (χ0v) is 11.2. The Morgan fingerprint density at radius 2 is 1.90 bits per heavy atom. The maximum Gasteiger partial charge on any atom is 0.123 e. The molecule has 0 radical (unpaired) electrons. The van der Waals surface area contributed by atoms with E-state index >= 15 is 0 Å². The van der Waals surface area contributed by atoms with Crippen LogP contribution in [0.1, 0.15) is 5.56 Å². The molecular weight excluding hydrogens is 275 g/mol.